The predicted molar refractivity (Wildman–Crippen MR) is 110 cm³/mol. The Bertz CT molecular complexity index is 1100. The van der Waals surface area contributed by atoms with E-state index in [4.69, 9.17) is 4.74 Å². The van der Waals surface area contributed by atoms with E-state index in [1.807, 2.05) is 0 Å². The molecule has 4 rings (SSSR count). The lowest BCUT2D eigenvalue weighted by molar-refractivity contribution is -0.137. The minimum atomic E-state index is -0.696. The van der Waals surface area contributed by atoms with Crippen molar-refractivity contribution in [3.05, 3.63) is 59.3 Å². The summed E-state index contributed by atoms with van der Waals surface area (Å²) >= 11 is 0. The lowest BCUT2D eigenvalue weighted by Crippen LogP contribution is -2.41. The first-order chi connectivity index (χ1) is 14.8. The molecule has 0 amide bonds. The number of nitrogens with zero attached hydrogens (tertiary/aromatic N) is 3. The van der Waals surface area contributed by atoms with E-state index in [9.17, 15) is 18.8 Å². The molecule has 0 N–H and O–H groups in total. The van der Waals surface area contributed by atoms with E-state index < -0.39 is 28.9 Å². The van der Waals surface area contributed by atoms with Gasteiger partial charge in [-0.05, 0) is 54.9 Å². The average molecular weight is 423 g/mol. The number of aromatic nitrogens is 2. The van der Waals surface area contributed by atoms with Crippen molar-refractivity contribution in [1.29, 1.82) is 5.26 Å². The second kappa shape index (κ2) is 7.52. The van der Waals surface area contributed by atoms with Crippen LogP contribution in [0.4, 0.5) is 8.78 Å². The number of fused-ring (bicyclic) bond motifs is 5. The molecule has 7 heteroatoms. The van der Waals surface area contributed by atoms with E-state index in [1.165, 1.54) is 24.3 Å². The van der Waals surface area contributed by atoms with Crippen LogP contribution >= 0.6 is 0 Å². The molecule has 0 spiro atoms. The van der Waals surface area contributed by atoms with Crippen molar-refractivity contribution < 1.29 is 18.3 Å². The second-order valence-electron chi connectivity index (χ2n) is 8.63. The van der Waals surface area contributed by atoms with Crippen molar-refractivity contribution in [2.45, 2.75) is 44.9 Å². The Balaban J connectivity index is 1.83. The van der Waals surface area contributed by atoms with Crippen LogP contribution in [0.3, 0.4) is 0 Å². The molecule has 2 aliphatic rings. The molecule has 1 heterocycles. The summed E-state index contributed by atoms with van der Waals surface area (Å²) in [5.41, 5.74) is 0.484. The van der Waals surface area contributed by atoms with Crippen molar-refractivity contribution in [3.63, 3.8) is 0 Å². The molecule has 2 aromatic rings. The molecule has 0 aliphatic heterocycles. The molecule has 1 aromatic carbocycles. The van der Waals surface area contributed by atoms with Gasteiger partial charge < -0.3 is 4.74 Å². The van der Waals surface area contributed by atoms with Crippen LogP contribution in [-0.2, 0) is 14.9 Å². The standard InChI is InChI=1S/C24H23F2N3O2/c1-4-31-20(30)9-8-14(13-27)24-11-10-16(23(24,2)3)15-12-19(28-29-22(15)24)21-17(25)6-5-7-18(21)26/h5-9,12,14,16H,4,10-11H2,1-3H3/b9-8+/t14?,16-,24-/m0/s1. The smallest absolute Gasteiger partial charge is 0.330 e. The second-order valence-corrected chi connectivity index (χ2v) is 8.63. The van der Waals surface area contributed by atoms with Gasteiger partial charge in [0.25, 0.3) is 0 Å². The molecule has 1 unspecified atom stereocenters. The Hall–Kier alpha value is -3.14. The molecule has 0 saturated heterocycles. The number of hydrogen-bond acceptors (Lipinski definition) is 5. The molecule has 2 aliphatic carbocycles. The van der Waals surface area contributed by atoms with Crippen molar-refractivity contribution in [3.8, 4) is 17.3 Å². The van der Waals surface area contributed by atoms with Gasteiger partial charge in [-0.2, -0.15) is 15.5 Å². The average Bonchev–Trinajstić information content (AvgIpc) is 3.10. The lowest BCUT2D eigenvalue weighted by Gasteiger charge is -2.40. The summed E-state index contributed by atoms with van der Waals surface area (Å²) in [6, 6.07) is 7.74. The van der Waals surface area contributed by atoms with Crippen molar-refractivity contribution in [2.24, 2.45) is 11.3 Å². The van der Waals surface area contributed by atoms with Gasteiger partial charge in [0.2, 0.25) is 0 Å². The fourth-order valence-corrected chi connectivity index (χ4v) is 5.60. The Labute approximate surface area is 179 Å². The largest absolute Gasteiger partial charge is 0.463 e. The topological polar surface area (TPSA) is 75.9 Å². The monoisotopic (exact) mass is 423 g/mol. The van der Waals surface area contributed by atoms with E-state index >= 15 is 0 Å². The first kappa shape index (κ1) is 21.1. The van der Waals surface area contributed by atoms with Gasteiger partial charge in [0.15, 0.2) is 0 Å². The third-order valence-corrected chi connectivity index (χ3v) is 7.07. The highest BCUT2D eigenvalue weighted by Crippen LogP contribution is 2.70. The van der Waals surface area contributed by atoms with Crippen LogP contribution in [0.2, 0.25) is 0 Å². The fourth-order valence-electron chi connectivity index (χ4n) is 5.60. The number of carbonyl (C=O) groups is 1. The van der Waals surface area contributed by atoms with Gasteiger partial charge in [-0.3, -0.25) is 0 Å². The van der Waals surface area contributed by atoms with Crippen LogP contribution in [0.1, 0.15) is 50.8 Å². The summed E-state index contributed by atoms with van der Waals surface area (Å²) in [5, 5.41) is 18.6. The highest BCUT2D eigenvalue weighted by Gasteiger charge is 2.66. The zero-order chi connectivity index (χ0) is 22.4. The predicted octanol–water partition coefficient (Wildman–Crippen LogP) is 4.84. The number of ether oxygens (including phenoxy) is 1. The summed E-state index contributed by atoms with van der Waals surface area (Å²) in [5.74, 6) is -2.44. The molecule has 31 heavy (non-hydrogen) atoms. The van der Waals surface area contributed by atoms with Crippen molar-refractivity contribution in [1.82, 2.24) is 10.2 Å². The molecule has 2 bridgehead atoms. The van der Waals surface area contributed by atoms with E-state index in [0.29, 0.717) is 12.1 Å². The molecule has 0 radical (unpaired) electrons. The van der Waals surface area contributed by atoms with Crippen LogP contribution in [-0.4, -0.2) is 22.8 Å². The summed E-state index contributed by atoms with van der Waals surface area (Å²) in [7, 11) is 0. The minimum absolute atomic E-state index is 0.0680. The number of esters is 1. The number of rotatable bonds is 5. The lowest BCUT2D eigenvalue weighted by atomic mass is 9.61. The van der Waals surface area contributed by atoms with E-state index in [2.05, 4.69) is 30.1 Å². The molecule has 3 atom stereocenters. The number of nitriles is 1. The third kappa shape index (κ3) is 2.96. The molecular weight excluding hydrogens is 400 g/mol. The maximum atomic E-state index is 14.3. The number of benzene rings is 1. The van der Waals surface area contributed by atoms with E-state index in [-0.39, 0.29) is 29.2 Å². The minimum Gasteiger partial charge on any atom is -0.463 e. The van der Waals surface area contributed by atoms with Gasteiger partial charge in [-0.1, -0.05) is 26.0 Å². The number of halogens is 2. The molecular formula is C24H23F2N3O2. The SMILES string of the molecule is CCOC(=O)/C=C/C(C#N)[C@@]12CC[C@@H](c3cc(-c4c(F)cccc4F)nnc31)C2(C)C. The maximum Gasteiger partial charge on any atom is 0.330 e. The third-order valence-electron chi connectivity index (χ3n) is 7.07. The summed E-state index contributed by atoms with van der Waals surface area (Å²) < 4.78 is 33.6. The molecule has 1 aromatic heterocycles. The van der Waals surface area contributed by atoms with Gasteiger partial charge >= 0.3 is 5.97 Å². The van der Waals surface area contributed by atoms with E-state index in [0.717, 1.165) is 12.0 Å². The van der Waals surface area contributed by atoms with Crippen molar-refractivity contribution in [2.75, 3.05) is 6.61 Å². The number of carbonyl (C=O) groups excluding carboxylic acids is 1. The Kier molecular flexibility index (Phi) is 5.12. The van der Waals surface area contributed by atoms with Crippen LogP contribution < -0.4 is 0 Å². The zero-order valence-electron chi connectivity index (χ0n) is 17.7. The highest BCUT2D eigenvalue weighted by molar-refractivity contribution is 5.82. The molecule has 1 saturated carbocycles. The van der Waals surface area contributed by atoms with Crippen LogP contribution in [0.15, 0.2) is 36.4 Å². The molecule has 5 nitrogen and oxygen atoms in total. The molecule has 1 fully saturated rings. The maximum absolute atomic E-state index is 14.3. The van der Waals surface area contributed by atoms with Gasteiger partial charge in [-0.15, -0.1) is 0 Å². The Morgan fingerprint density at radius 3 is 2.71 bits per heavy atom. The van der Waals surface area contributed by atoms with E-state index in [1.54, 1.807) is 19.1 Å². The van der Waals surface area contributed by atoms with Crippen LogP contribution in [0, 0.1) is 34.3 Å². The quantitative estimate of drug-likeness (QED) is 0.508. The zero-order valence-corrected chi connectivity index (χ0v) is 17.7. The first-order valence-electron chi connectivity index (χ1n) is 10.3. The summed E-state index contributed by atoms with van der Waals surface area (Å²) in [4.78, 5) is 11.8. The van der Waals surface area contributed by atoms with Gasteiger partial charge in [-0.25, -0.2) is 13.6 Å². The number of allylic oxidation sites excluding steroid dienone is 1. The summed E-state index contributed by atoms with van der Waals surface area (Å²) in [6.07, 6.45) is 4.41. The fraction of sp³-hybridized carbons (Fsp3) is 0.417. The Morgan fingerprint density at radius 1 is 1.35 bits per heavy atom. The molecule has 160 valence electrons. The summed E-state index contributed by atoms with van der Waals surface area (Å²) in [6.45, 7) is 6.13. The number of hydrogen-bond donors (Lipinski definition) is 0. The van der Waals surface area contributed by atoms with Gasteiger partial charge in [0, 0.05) is 11.5 Å². The first-order valence-corrected chi connectivity index (χ1v) is 10.3. The van der Waals surface area contributed by atoms with Gasteiger partial charge in [0.05, 0.1) is 35.5 Å². The van der Waals surface area contributed by atoms with Gasteiger partial charge in [0.1, 0.15) is 11.6 Å². The normalized spacial score (nSPS) is 24.1. The van der Waals surface area contributed by atoms with Crippen molar-refractivity contribution >= 4 is 5.97 Å². The van der Waals surface area contributed by atoms with Crippen LogP contribution in [0.5, 0.6) is 0 Å². The highest BCUT2D eigenvalue weighted by atomic mass is 19.1. The Morgan fingerprint density at radius 2 is 2.06 bits per heavy atom. The van der Waals surface area contributed by atoms with Crippen LogP contribution in [0.25, 0.3) is 11.3 Å².